The van der Waals surface area contributed by atoms with Gasteiger partial charge in [-0.3, -0.25) is 4.79 Å². The highest BCUT2D eigenvalue weighted by Gasteiger charge is 2.11. The fourth-order valence-electron chi connectivity index (χ4n) is 3.08. The van der Waals surface area contributed by atoms with Gasteiger partial charge in [0.2, 0.25) is 5.91 Å². The molecule has 1 fully saturated rings. The zero-order chi connectivity index (χ0) is 17.6. The molecule has 2 aromatic rings. The van der Waals surface area contributed by atoms with Gasteiger partial charge in [-0.05, 0) is 60.2 Å². The molecule has 1 saturated heterocycles. The lowest BCUT2D eigenvalue weighted by Crippen LogP contribution is -2.17. The molecule has 0 atom stereocenters. The maximum atomic E-state index is 12.1. The van der Waals surface area contributed by atoms with Crippen molar-refractivity contribution in [3.8, 4) is 0 Å². The summed E-state index contributed by atoms with van der Waals surface area (Å²) < 4.78 is 0. The van der Waals surface area contributed by atoms with Gasteiger partial charge in [0, 0.05) is 30.5 Å². The summed E-state index contributed by atoms with van der Waals surface area (Å²) in [6, 6.07) is 16.4. The Morgan fingerprint density at radius 1 is 1.00 bits per heavy atom. The summed E-state index contributed by atoms with van der Waals surface area (Å²) in [7, 11) is 0. The molecule has 0 saturated carbocycles. The van der Waals surface area contributed by atoms with Gasteiger partial charge in [-0.1, -0.05) is 38.1 Å². The maximum Gasteiger partial charge on any atom is 0.248 e. The molecule has 0 radical (unpaired) electrons. The van der Waals surface area contributed by atoms with E-state index in [0.29, 0.717) is 5.92 Å². The first-order valence-electron chi connectivity index (χ1n) is 9.06. The number of anilines is 2. The molecule has 1 aliphatic rings. The molecule has 0 aromatic heterocycles. The highest BCUT2D eigenvalue weighted by atomic mass is 16.1. The Kier molecular flexibility index (Phi) is 5.54. The van der Waals surface area contributed by atoms with E-state index >= 15 is 0 Å². The molecular formula is C22H26N2O. The first kappa shape index (κ1) is 17.3. The van der Waals surface area contributed by atoms with Gasteiger partial charge < -0.3 is 10.2 Å². The third-order valence-electron chi connectivity index (χ3n) is 4.64. The number of carbonyl (C=O) groups is 1. The summed E-state index contributed by atoms with van der Waals surface area (Å²) in [5.41, 5.74) is 4.40. The number of hydrogen-bond acceptors (Lipinski definition) is 2. The monoisotopic (exact) mass is 334 g/mol. The van der Waals surface area contributed by atoms with E-state index in [9.17, 15) is 4.79 Å². The van der Waals surface area contributed by atoms with E-state index in [1.807, 2.05) is 30.3 Å². The van der Waals surface area contributed by atoms with Crippen LogP contribution in [0.25, 0.3) is 6.08 Å². The zero-order valence-corrected chi connectivity index (χ0v) is 15.0. The van der Waals surface area contributed by atoms with Crippen LogP contribution in [0.1, 0.15) is 43.7 Å². The summed E-state index contributed by atoms with van der Waals surface area (Å²) in [5.74, 6) is 0.409. The van der Waals surface area contributed by atoms with E-state index < -0.39 is 0 Å². The smallest absolute Gasteiger partial charge is 0.248 e. The molecule has 0 aliphatic carbocycles. The van der Waals surface area contributed by atoms with Gasteiger partial charge in [-0.25, -0.2) is 0 Å². The predicted octanol–water partition coefficient (Wildman–Crippen LogP) is 5.06. The summed E-state index contributed by atoms with van der Waals surface area (Å²) in [4.78, 5) is 14.5. The van der Waals surface area contributed by atoms with Crippen LogP contribution >= 0.6 is 0 Å². The average Bonchev–Trinajstić information content (AvgIpc) is 3.15. The Balaban J connectivity index is 1.56. The molecule has 1 N–H and O–H groups in total. The maximum absolute atomic E-state index is 12.1. The van der Waals surface area contributed by atoms with E-state index in [-0.39, 0.29) is 5.91 Å². The molecule has 1 heterocycles. The number of hydrogen-bond donors (Lipinski definition) is 1. The Morgan fingerprint density at radius 3 is 2.24 bits per heavy atom. The Morgan fingerprint density at radius 2 is 1.64 bits per heavy atom. The lowest BCUT2D eigenvalue weighted by atomic mass is 10.0. The number of amides is 1. The van der Waals surface area contributed by atoms with Crippen molar-refractivity contribution < 1.29 is 4.79 Å². The second-order valence-electron chi connectivity index (χ2n) is 6.88. The van der Waals surface area contributed by atoms with Crippen molar-refractivity contribution in [2.24, 2.45) is 0 Å². The quantitative estimate of drug-likeness (QED) is 0.775. The topological polar surface area (TPSA) is 32.3 Å². The Labute approximate surface area is 150 Å². The second kappa shape index (κ2) is 8.02. The van der Waals surface area contributed by atoms with Crippen LogP contribution < -0.4 is 10.2 Å². The molecule has 0 spiro atoms. The molecule has 0 unspecified atom stereocenters. The number of carbonyl (C=O) groups excluding carboxylic acids is 1. The summed E-state index contributed by atoms with van der Waals surface area (Å²) in [6.07, 6.45) is 5.96. The average molecular weight is 334 g/mol. The molecular weight excluding hydrogens is 308 g/mol. The lowest BCUT2D eigenvalue weighted by Gasteiger charge is -2.17. The SMILES string of the molecule is CC(C)c1ccc(C=CC(=O)Nc2ccc(N3CCCC3)cc2)cc1. The number of nitrogens with one attached hydrogen (secondary N) is 1. The van der Waals surface area contributed by atoms with Gasteiger partial charge in [0.15, 0.2) is 0 Å². The first-order valence-corrected chi connectivity index (χ1v) is 9.06. The van der Waals surface area contributed by atoms with Crippen LogP contribution in [-0.2, 0) is 4.79 Å². The summed E-state index contributed by atoms with van der Waals surface area (Å²) in [6.45, 7) is 6.61. The molecule has 3 heteroatoms. The van der Waals surface area contributed by atoms with Gasteiger partial charge in [-0.2, -0.15) is 0 Å². The van der Waals surface area contributed by atoms with Crippen molar-refractivity contribution in [3.63, 3.8) is 0 Å². The van der Waals surface area contributed by atoms with Crippen LogP contribution in [0, 0.1) is 0 Å². The Bertz CT molecular complexity index is 724. The normalized spacial score (nSPS) is 14.4. The standard InChI is InChI=1S/C22H26N2O/c1-17(2)19-8-5-18(6-9-19)7-14-22(25)23-20-10-12-21(13-11-20)24-15-3-4-16-24/h5-14,17H,3-4,15-16H2,1-2H3,(H,23,25). The molecule has 25 heavy (non-hydrogen) atoms. The molecule has 0 bridgehead atoms. The third kappa shape index (κ3) is 4.72. The van der Waals surface area contributed by atoms with Gasteiger partial charge in [0.25, 0.3) is 0 Å². The lowest BCUT2D eigenvalue weighted by molar-refractivity contribution is -0.111. The van der Waals surface area contributed by atoms with Crippen LogP contribution in [0.5, 0.6) is 0 Å². The highest BCUT2D eigenvalue weighted by Crippen LogP contribution is 2.22. The molecule has 1 aliphatic heterocycles. The van der Waals surface area contributed by atoms with E-state index in [0.717, 1.165) is 24.3 Å². The third-order valence-corrected chi connectivity index (χ3v) is 4.64. The van der Waals surface area contributed by atoms with E-state index in [1.165, 1.54) is 24.1 Å². The van der Waals surface area contributed by atoms with Gasteiger partial charge in [0.1, 0.15) is 0 Å². The van der Waals surface area contributed by atoms with E-state index in [1.54, 1.807) is 6.08 Å². The van der Waals surface area contributed by atoms with Crippen LogP contribution in [0.2, 0.25) is 0 Å². The van der Waals surface area contributed by atoms with Crippen molar-refractivity contribution in [2.75, 3.05) is 23.3 Å². The molecule has 3 rings (SSSR count). The molecule has 1 amide bonds. The first-order chi connectivity index (χ1) is 12.1. The Hall–Kier alpha value is -2.55. The molecule has 2 aromatic carbocycles. The fourth-order valence-corrected chi connectivity index (χ4v) is 3.08. The minimum atomic E-state index is -0.109. The highest BCUT2D eigenvalue weighted by molar-refractivity contribution is 6.02. The zero-order valence-electron chi connectivity index (χ0n) is 15.0. The minimum Gasteiger partial charge on any atom is -0.372 e. The summed E-state index contributed by atoms with van der Waals surface area (Å²) in [5, 5.41) is 2.92. The number of nitrogens with zero attached hydrogens (tertiary/aromatic N) is 1. The van der Waals surface area contributed by atoms with Gasteiger partial charge in [-0.15, -0.1) is 0 Å². The van der Waals surface area contributed by atoms with Gasteiger partial charge in [0.05, 0.1) is 0 Å². The van der Waals surface area contributed by atoms with Crippen molar-refractivity contribution >= 4 is 23.4 Å². The molecule has 130 valence electrons. The fraction of sp³-hybridized carbons (Fsp3) is 0.318. The van der Waals surface area contributed by atoms with Crippen LogP contribution in [0.4, 0.5) is 11.4 Å². The van der Waals surface area contributed by atoms with Crippen molar-refractivity contribution in [1.82, 2.24) is 0 Å². The van der Waals surface area contributed by atoms with E-state index in [4.69, 9.17) is 0 Å². The van der Waals surface area contributed by atoms with Crippen molar-refractivity contribution in [1.29, 1.82) is 0 Å². The number of rotatable bonds is 5. The van der Waals surface area contributed by atoms with Crippen LogP contribution in [0.15, 0.2) is 54.6 Å². The van der Waals surface area contributed by atoms with Crippen molar-refractivity contribution in [3.05, 3.63) is 65.7 Å². The predicted molar refractivity (Wildman–Crippen MR) is 106 cm³/mol. The van der Waals surface area contributed by atoms with Gasteiger partial charge >= 0.3 is 0 Å². The van der Waals surface area contributed by atoms with E-state index in [2.05, 4.69) is 48.3 Å². The van der Waals surface area contributed by atoms with Crippen LogP contribution in [-0.4, -0.2) is 19.0 Å². The van der Waals surface area contributed by atoms with Crippen LogP contribution in [0.3, 0.4) is 0 Å². The second-order valence-corrected chi connectivity index (χ2v) is 6.88. The molecule has 3 nitrogen and oxygen atoms in total. The minimum absolute atomic E-state index is 0.109. The summed E-state index contributed by atoms with van der Waals surface area (Å²) >= 11 is 0. The largest absolute Gasteiger partial charge is 0.372 e. The van der Waals surface area contributed by atoms with Crippen molar-refractivity contribution in [2.45, 2.75) is 32.6 Å². The number of benzene rings is 2.